The molecule has 0 saturated heterocycles. The van der Waals surface area contributed by atoms with E-state index in [1.54, 1.807) is 14.0 Å². The number of hydrogen-bond acceptors (Lipinski definition) is 2. The second-order valence-electron chi connectivity index (χ2n) is 5.27. The first-order valence-electron chi connectivity index (χ1n) is 6.45. The van der Waals surface area contributed by atoms with Crippen LogP contribution < -0.4 is 5.32 Å². The first-order valence-corrected chi connectivity index (χ1v) is 6.45. The van der Waals surface area contributed by atoms with Crippen molar-refractivity contribution >= 4 is 11.8 Å². The van der Waals surface area contributed by atoms with E-state index >= 15 is 0 Å². The average molecular weight is 240 g/mol. The van der Waals surface area contributed by atoms with Crippen molar-refractivity contribution in [3.63, 3.8) is 0 Å². The first-order chi connectivity index (χ1) is 7.91. The molecule has 1 rings (SSSR count). The molecule has 4 nitrogen and oxygen atoms in total. The van der Waals surface area contributed by atoms with E-state index in [0.29, 0.717) is 6.04 Å². The van der Waals surface area contributed by atoms with Crippen LogP contribution >= 0.6 is 0 Å². The van der Waals surface area contributed by atoms with Crippen LogP contribution in [-0.4, -0.2) is 35.8 Å². The molecule has 1 aliphatic rings. The smallest absolute Gasteiger partial charge is 0.242 e. The highest BCUT2D eigenvalue weighted by Crippen LogP contribution is 2.23. The molecule has 1 saturated carbocycles. The molecule has 1 fully saturated rings. The monoisotopic (exact) mass is 240 g/mol. The normalized spacial score (nSPS) is 26.1. The number of amides is 2. The van der Waals surface area contributed by atoms with Gasteiger partial charge in [0.2, 0.25) is 11.8 Å². The van der Waals surface area contributed by atoms with Crippen LogP contribution in [0, 0.1) is 5.92 Å². The molecule has 0 aromatic rings. The van der Waals surface area contributed by atoms with Gasteiger partial charge in [-0.3, -0.25) is 9.59 Å². The molecule has 1 N–H and O–H groups in total. The van der Waals surface area contributed by atoms with Crippen LogP contribution in [0.2, 0.25) is 0 Å². The molecular weight excluding hydrogens is 216 g/mol. The fraction of sp³-hybridized carbons (Fsp3) is 0.846. The van der Waals surface area contributed by atoms with Crippen LogP contribution in [0.3, 0.4) is 0 Å². The van der Waals surface area contributed by atoms with E-state index in [1.165, 1.54) is 24.7 Å². The van der Waals surface area contributed by atoms with Gasteiger partial charge in [-0.2, -0.15) is 0 Å². The lowest BCUT2D eigenvalue weighted by Crippen LogP contribution is -2.48. The van der Waals surface area contributed by atoms with Gasteiger partial charge in [-0.1, -0.05) is 6.92 Å². The Morgan fingerprint density at radius 3 is 2.24 bits per heavy atom. The van der Waals surface area contributed by atoms with Gasteiger partial charge in [0.1, 0.15) is 6.04 Å². The zero-order chi connectivity index (χ0) is 13.0. The Morgan fingerprint density at radius 2 is 1.76 bits per heavy atom. The summed E-state index contributed by atoms with van der Waals surface area (Å²) in [6, 6.07) is -0.0895. The molecule has 0 aromatic carbocycles. The van der Waals surface area contributed by atoms with E-state index in [1.807, 2.05) is 0 Å². The summed E-state index contributed by atoms with van der Waals surface area (Å²) < 4.78 is 0. The van der Waals surface area contributed by atoms with Crippen molar-refractivity contribution < 1.29 is 9.59 Å². The van der Waals surface area contributed by atoms with Gasteiger partial charge in [-0.05, 0) is 38.5 Å². The lowest BCUT2D eigenvalue weighted by atomic mass is 9.87. The van der Waals surface area contributed by atoms with Crippen molar-refractivity contribution in [1.29, 1.82) is 0 Å². The Hall–Kier alpha value is -1.06. The Morgan fingerprint density at radius 1 is 1.24 bits per heavy atom. The molecule has 0 aliphatic heterocycles. The molecule has 0 aromatic heterocycles. The number of rotatable bonds is 3. The highest BCUT2D eigenvalue weighted by Gasteiger charge is 2.24. The van der Waals surface area contributed by atoms with Crippen LogP contribution in [0.4, 0.5) is 0 Å². The van der Waals surface area contributed by atoms with Crippen LogP contribution in [0.1, 0.15) is 46.5 Å². The second kappa shape index (κ2) is 6.03. The fourth-order valence-corrected chi connectivity index (χ4v) is 2.17. The van der Waals surface area contributed by atoms with Gasteiger partial charge in [0.25, 0.3) is 0 Å². The highest BCUT2D eigenvalue weighted by atomic mass is 16.2. The Bertz CT molecular complexity index is 283. The number of hydrogen-bond donors (Lipinski definition) is 1. The second-order valence-corrected chi connectivity index (χ2v) is 5.27. The van der Waals surface area contributed by atoms with Gasteiger partial charge < -0.3 is 10.2 Å². The van der Waals surface area contributed by atoms with Crippen molar-refractivity contribution in [3.05, 3.63) is 0 Å². The molecule has 0 unspecified atom stereocenters. The topological polar surface area (TPSA) is 49.4 Å². The number of likely N-dealkylation sites (N-methyl/N-ethyl adjacent to an activating group) is 1. The standard InChI is InChI=1S/C13H24N2O2/c1-9-5-7-12(8-6-9)14-13(17)10(2)15(4)11(3)16/h9-10,12H,5-8H2,1-4H3,(H,14,17)/t9?,10-,12?/m0/s1. The molecule has 0 heterocycles. The van der Waals surface area contributed by atoms with Crippen LogP contribution in [0.25, 0.3) is 0 Å². The zero-order valence-corrected chi connectivity index (χ0v) is 11.3. The summed E-state index contributed by atoms with van der Waals surface area (Å²) in [6.07, 6.45) is 4.48. The van der Waals surface area contributed by atoms with E-state index in [-0.39, 0.29) is 17.9 Å². The number of carbonyl (C=O) groups excluding carboxylic acids is 2. The maximum absolute atomic E-state index is 11.9. The van der Waals surface area contributed by atoms with Crippen molar-refractivity contribution in [2.75, 3.05) is 7.05 Å². The maximum atomic E-state index is 11.9. The molecule has 0 bridgehead atoms. The molecule has 1 aliphatic carbocycles. The molecule has 1 atom stereocenters. The predicted octanol–water partition coefficient (Wildman–Crippen LogP) is 1.55. The molecule has 98 valence electrons. The summed E-state index contributed by atoms with van der Waals surface area (Å²) in [5.74, 6) is 0.660. The number of nitrogens with one attached hydrogen (secondary N) is 1. The minimum atomic E-state index is -0.383. The fourth-order valence-electron chi connectivity index (χ4n) is 2.17. The molecule has 0 radical (unpaired) electrons. The first kappa shape index (κ1) is 14.0. The van der Waals surface area contributed by atoms with E-state index in [4.69, 9.17) is 0 Å². The maximum Gasteiger partial charge on any atom is 0.242 e. The Kier molecular flexibility index (Phi) is 4.97. The van der Waals surface area contributed by atoms with Crippen LogP contribution in [-0.2, 0) is 9.59 Å². The molecule has 4 heteroatoms. The van der Waals surface area contributed by atoms with E-state index < -0.39 is 0 Å². The number of carbonyl (C=O) groups is 2. The molecule has 0 spiro atoms. The van der Waals surface area contributed by atoms with Crippen molar-refractivity contribution in [3.8, 4) is 0 Å². The molecule has 17 heavy (non-hydrogen) atoms. The minimum absolute atomic E-state index is 0.0396. The largest absolute Gasteiger partial charge is 0.352 e. The highest BCUT2D eigenvalue weighted by molar-refractivity contribution is 5.86. The van der Waals surface area contributed by atoms with Crippen LogP contribution in [0.5, 0.6) is 0 Å². The summed E-state index contributed by atoms with van der Waals surface area (Å²) >= 11 is 0. The SMILES string of the molecule is CC(=O)N(C)[C@@H](C)C(=O)NC1CCC(C)CC1. The van der Waals surface area contributed by atoms with Crippen molar-refractivity contribution in [2.45, 2.75) is 58.5 Å². The average Bonchev–Trinajstić information content (AvgIpc) is 2.30. The van der Waals surface area contributed by atoms with E-state index in [9.17, 15) is 9.59 Å². The number of nitrogens with zero attached hydrogens (tertiary/aromatic N) is 1. The van der Waals surface area contributed by atoms with Crippen molar-refractivity contribution in [2.24, 2.45) is 5.92 Å². The Balaban J connectivity index is 2.41. The Labute approximate surface area is 104 Å². The van der Waals surface area contributed by atoms with Gasteiger partial charge in [0, 0.05) is 20.0 Å². The van der Waals surface area contributed by atoms with Gasteiger partial charge in [0.05, 0.1) is 0 Å². The summed E-state index contributed by atoms with van der Waals surface area (Å²) in [6.45, 7) is 5.50. The van der Waals surface area contributed by atoms with Gasteiger partial charge in [0.15, 0.2) is 0 Å². The summed E-state index contributed by atoms with van der Waals surface area (Å²) in [5.41, 5.74) is 0. The zero-order valence-electron chi connectivity index (χ0n) is 11.3. The van der Waals surface area contributed by atoms with Gasteiger partial charge >= 0.3 is 0 Å². The van der Waals surface area contributed by atoms with Crippen molar-refractivity contribution in [1.82, 2.24) is 10.2 Å². The summed E-state index contributed by atoms with van der Waals surface area (Å²) in [7, 11) is 1.66. The molecule has 2 amide bonds. The van der Waals surface area contributed by atoms with E-state index in [0.717, 1.165) is 18.8 Å². The lowest BCUT2D eigenvalue weighted by Gasteiger charge is -2.30. The van der Waals surface area contributed by atoms with Crippen LogP contribution in [0.15, 0.2) is 0 Å². The third-order valence-corrected chi connectivity index (χ3v) is 3.82. The third kappa shape index (κ3) is 4.02. The lowest BCUT2D eigenvalue weighted by molar-refractivity contribution is -0.137. The van der Waals surface area contributed by atoms with E-state index in [2.05, 4.69) is 12.2 Å². The summed E-state index contributed by atoms with van der Waals surface area (Å²) in [5, 5.41) is 3.04. The van der Waals surface area contributed by atoms with Gasteiger partial charge in [-0.15, -0.1) is 0 Å². The molecular formula is C13H24N2O2. The summed E-state index contributed by atoms with van der Waals surface area (Å²) in [4.78, 5) is 24.6. The predicted molar refractivity (Wildman–Crippen MR) is 67.5 cm³/mol. The van der Waals surface area contributed by atoms with Gasteiger partial charge in [-0.25, -0.2) is 0 Å². The quantitative estimate of drug-likeness (QED) is 0.813. The minimum Gasteiger partial charge on any atom is -0.352 e. The third-order valence-electron chi connectivity index (χ3n) is 3.82.